The van der Waals surface area contributed by atoms with Crippen molar-refractivity contribution in [3.63, 3.8) is 0 Å². The van der Waals surface area contributed by atoms with E-state index in [4.69, 9.17) is 0 Å². The zero-order valence-electron chi connectivity index (χ0n) is 12.7. The van der Waals surface area contributed by atoms with E-state index in [1.807, 2.05) is 0 Å². The number of methoxy groups -OCH3 is 1. The average molecular weight is 281 g/mol. The van der Waals surface area contributed by atoms with Crippen molar-refractivity contribution in [2.45, 2.75) is 46.1 Å². The number of carbonyl (C=O) groups excluding carboxylic acids is 1. The average Bonchev–Trinajstić information content (AvgIpc) is 2.47. The minimum Gasteiger partial charge on any atom is -0.465 e. The highest BCUT2D eigenvalue weighted by Crippen LogP contribution is 2.20. The molecule has 1 aromatic rings. The highest BCUT2D eigenvalue weighted by Gasteiger charge is 2.15. The van der Waals surface area contributed by atoms with Crippen LogP contribution in [-0.2, 0) is 4.74 Å². The largest absolute Gasteiger partial charge is 0.465 e. The second-order valence-corrected chi connectivity index (χ2v) is 5.18. The van der Waals surface area contributed by atoms with Crippen molar-refractivity contribution in [2.24, 2.45) is 5.92 Å². The summed E-state index contributed by atoms with van der Waals surface area (Å²) in [7, 11) is 1.25. The Morgan fingerprint density at radius 1 is 1.35 bits per heavy atom. The van der Waals surface area contributed by atoms with Gasteiger partial charge in [0.2, 0.25) is 0 Å². The summed E-state index contributed by atoms with van der Waals surface area (Å²) in [5.74, 6) is -0.577. The third-order valence-corrected chi connectivity index (χ3v) is 3.62. The maximum atomic E-state index is 13.6. The molecule has 0 heterocycles. The van der Waals surface area contributed by atoms with Gasteiger partial charge in [0.1, 0.15) is 5.82 Å². The molecule has 0 aromatic heterocycles. The normalized spacial score (nSPS) is 13.7. The Morgan fingerprint density at radius 3 is 2.60 bits per heavy atom. The topological polar surface area (TPSA) is 38.3 Å². The molecule has 1 rings (SSSR count). The van der Waals surface area contributed by atoms with Gasteiger partial charge < -0.3 is 10.1 Å². The molecule has 0 saturated heterocycles. The highest BCUT2D eigenvalue weighted by molar-refractivity contribution is 5.90. The number of hydrogen-bond acceptors (Lipinski definition) is 3. The van der Waals surface area contributed by atoms with Crippen LogP contribution in [0.15, 0.2) is 18.2 Å². The van der Waals surface area contributed by atoms with E-state index >= 15 is 0 Å². The predicted molar refractivity (Wildman–Crippen MR) is 79.5 cm³/mol. The standard InChI is InChI=1S/C16H24FNO2/c1-5-11(3)9-12(6-2)18-13-7-8-15(17)14(10-13)16(19)20-4/h7-8,10-12,18H,5-6,9H2,1-4H3. The third-order valence-electron chi connectivity index (χ3n) is 3.62. The summed E-state index contributed by atoms with van der Waals surface area (Å²) < 4.78 is 18.1. The van der Waals surface area contributed by atoms with E-state index in [1.54, 1.807) is 6.07 Å². The van der Waals surface area contributed by atoms with Gasteiger partial charge in [-0.3, -0.25) is 0 Å². The lowest BCUT2D eigenvalue weighted by Gasteiger charge is -2.21. The summed E-state index contributed by atoms with van der Waals surface area (Å²) in [4.78, 5) is 11.5. The van der Waals surface area contributed by atoms with Gasteiger partial charge in [-0.05, 0) is 37.0 Å². The molecule has 0 fully saturated rings. The van der Waals surface area contributed by atoms with E-state index in [9.17, 15) is 9.18 Å². The number of ether oxygens (including phenoxy) is 1. The predicted octanol–water partition coefficient (Wildman–Crippen LogP) is 4.24. The van der Waals surface area contributed by atoms with Gasteiger partial charge in [-0.25, -0.2) is 9.18 Å². The quantitative estimate of drug-likeness (QED) is 0.760. The minimum absolute atomic E-state index is 0.0316. The molecular formula is C16H24FNO2. The first kappa shape index (κ1) is 16.5. The summed E-state index contributed by atoms with van der Waals surface area (Å²) in [5.41, 5.74) is 0.720. The molecule has 0 amide bonds. The van der Waals surface area contributed by atoms with Crippen molar-refractivity contribution in [1.82, 2.24) is 0 Å². The van der Waals surface area contributed by atoms with Crippen LogP contribution in [0.2, 0.25) is 0 Å². The molecular weight excluding hydrogens is 257 g/mol. The number of anilines is 1. The minimum atomic E-state index is -0.652. The van der Waals surface area contributed by atoms with E-state index < -0.39 is 11.8 Å². The molecule has 112 valence electrons. The zero-order chi connectivity index (χ0) is 15.1. The molecule has 0 spiro atoms. The number of rotatable bonds is 7. The van der Waals surface area contributed by atoms with Crippen molar-refractivity contribution < 1.29 is 13.9 Å². The smallest absolute Gasteiger partial charge is 0.340 e. The van der Waals surface area contributed by atoms with Crippen molar-refractivity contribution >= 4 is 11.7 Å². The van der Waals surface area contributed by atoms with Crippen molar-refractivity contribution in [3.8, 4) is 0 Å². The molecule has 0 saturated carbocycles. The Hall–Kier alpha value is -1.58. The number of esters is 1. The van der Waals surface area contributed by atoms with Crippen LogP contribution in [0, 0.1) is 11.7 Å². The van der Waals surface area contributed by atoms with Gasteiger partial charge in [-0.15, -0.1) is 0 Å². The Kier molecular flexibility index (Phi) is 6.49. The van der Waals surface area contributed by atoms with E-state index in [1.165, 1.54) is 19.2 Å². The van der Waals surface area contributed by atoms with Crippen molar-refractivity contribution in [3.05, 3.63) is 29.6 Å². The maximum absolute atomic E-state index is 13.6. The third kappa shape index (κ3) is 4.51. The summed E-state index contributed by atoms with van der Waals surface area (Å²) in [6, 6.07) is 4.78. The van der Waals surface area contributed by atoms with Crippen LogP contribution >= 0.6 is 0 Å². The monoisotopic (exact) mass is 281 g/mol. The van der Waals surface area contributed by atoms with E-state index in [0.29, 0.717) is 12.0 Å². The van der Waals surface area contributed by atoms with Crippen LogP contribution in [0.25, 0.3) is 0 Å². The first-order valence-corrected chi connectivity index (χ1v) is 7.16. The van der Waals surface area contributed by atoms with E-state index in [2.05, 4.69) is 30.8 Å². The Labute approximate surface area is 120 Å². The van der Waals surface area contributed by atoms with Gasteiger partial charge in [0.15, 0.2) is 0 Å². The van der Waals surface area contributed by atoms with E-state index in [-0.39, 0.29) is 5.56 Å². The fourth-order valence-corrected chi connectivity index (χ4v) is 2.10. The lowest BCUT2D eigenvalue weighted by Crippen LogP contribution is -2.21. The second kappa shape index (κ2) is 7.88. The Balaban J connectivity index is 2.83. The SMILES string of the molecule is CCC(C)CC(CC)Nc1ccc(F)c(C(=O)OC)c1. The Bertz CT molecular complexity index is 448. The number of carbonyl (C=O) groups is 1. The second-order valence-electron chi connectivity index (χ2n) is 5.18. The number of benzene rings is 1. The molecule has 0 aliphatic heterocycles. The van der Waals surface area contributed by atoms with Crippen LogP contribution in [0.3, 0.4) is 0 Å². The first-order valence-electron chi connectivity index (χ1n) is 7.16. The van der Waals surface area contributed by atoms with Crippen LogP contribution in [-0.4, -0.2) is 19.1 Å². The lowest BCUT2D eigenvalue weighted by molar-refractivity contribution is 0.0595. The number of nitrogens with one attached hydrogen (secondary N) is 1. The van der Waals surface area contributed by atoms with Crippen LogP contribution in [0.1, 0.15) is 50.4 Å². The zero-order valence-corrected chi connectivity index (χ0v) is 12.7. The Morgan fingerprint density at radius 2 is 2.05 bits per heavy atom. The van der Waals surface area contributed by atoms with Gasteiger partial charge in [0, 0.05) is 11.7 Å². The van der Waals surface area contributed by atoms with Crippen molar-refractivity contribution in [2.75, 3.05) is 12.4 Å². The van der Waals surface area contributed by atoms with Crippen LogP contribution < -0.4 is 5.32 Å². The van der Waals surface area contributed by atoms with Gasteiger partial charge in [-0.1, -0.05) is 27.2 Å². The molecule has 4 heteroatoms. The molecule has 0 aliphatic carbocycles. The van der Waals surface area contributed by atoms with Crippen LogP contribution in [0.4, 0.5) is 10.1 Å². The molecule has 20 heavy (non-hydrogen) atoms. The fraction of sp³-hybridized carbons (Fsp3) is 0.562. The molecule has 2 unspecified atom stereocenters. The summed E-state index contributed by atoms with van der Waals surface area (Å²) >= 11 is 0. The lowest BCUT2D eigenvalue weighted by atomic mass is 9.97. The maximum Gasteiger partial charge on any atom is 0.340 e. The molecule has 1 aromatic carbocycles. The fourth-order valence-electron chi connectivity index (χ4n) is 2.10. The molecule has 0 bridgehead atoms. The van der Waals surface area contributed by atoms with Gasteiger partial charge in [0.25, 0.3) is 0 Å². The molecule has 3 nitrogen and oxygen atoms in total. The highest BCUT2D eigenvalue weighted by atomic mass is 19.1. The van der Waals surface area contributed by atoms with E-state index in [0.717, 1.165) is 24.9 Å². The first-order chi connectivity index (χ1) is 9.51. The molecule has 0 aliphatic rings. The summed E-state index contributed by atoms with van der Waals surface area (Å²) in [5, 5.41) is 3.37. The van der Waals surface area contributed by atoms with Crippen LogP contribution in [0.5, 0.6) is 0 Å². The van der Waals surface area contributed by atoms with Gasteiger partial charge >= 0.3 is 5.97 Å². The number of halogens is 1. The molecule has 0 radical (unpaired) electrons. The van der Waals surface area contributed by atoms with Gasteiger partial charge in [-0.2, -0.15) is 0 Å². The van der Waals surface area contributed by atoms with Gasteiger partial charge in [0.05, 0.1) is 12.7 Å². The summed E-state index contributed by atoms with van der Waals surface area (Å²) in [6.45, 7) is 6.50. The van der Waals surface area contributed by atoms with Crippen molar-refractivity contribution in [1.29, 1.82) is 0 Å². The summed E-state index contributed by atoms with van der Waals surface area (Å²) in [6.07, 6.45) is 3.17. The number of hydrogen-bond donors (Lipinski definition) is 1. The molecule has 1 N–H and O–H groups in total. The molecule has 2 atom stereocenters.